The zero-order valence-electron chi connectivity index (χ0n) is 19.0. The number of hydrogen-bond acceptors (Lipinski definition) is 5. The number of likely N-dealkylation sites (tertiary alicyclic amines) is 1. The predicted octanol–water partition coefficient (Wildman–Crippen LogP) is 5.16. The van der Waals surface area contributed by atoms with Gasteiger partial charge in [-0.2, -0.15) is 0 Å². The predicted molar refractivity (Wildman–Crippen MR) is 134 cm³/mol. The van der Waals surface area contributed by atoms with Crippen molar-refractivity contribution in [2.24, 2.45) is 0 Å². The van der Waals surface area contributed by atoms with Crippen molar-refractivity contribution >= 4 is 34.2 Å². The summed E-state index contributed by atoms with van der Waals surface area (Å²) >= 11 is 0. The second-order valence-electron chi connectivity index (χ2n) is 8.86. The van der Waals surface area contributed by atoms with Gasteiger partial charge in [0.15, 0.2) is 0 Å². The highest BCUT2D eigenvalue weighted by molar-refractivity contribution is 6.37. The molecule has 7 nitrogen and oxygen atoms in total. The number of non-ortho nitro benzene ring substituents is 1. The number of benzene rings is 3. The number of nitrogens with one attached hydrogen (secondary N) is 2. The summed E-state index contributed by atoms with van der Waals surface area (Å²) in [4.78, 5) is 26.3. The Morgan fingerprint density at radius 3 is 2.56 bits per heavy atom. The maximum absolute atomic E-state index is 13.0. The Bertz CT molecular complexity index is 1270. The van der Waals surface area contributed by atoms with Gasteiger partial charge in [0.2, 0.25) is 0 Å². The second-order valence-corrected chi connectivity index (χ2v) is 8.86. The Hall–Kier alpha value is -3.97. The molecule has 0 aliphatic carbocycles. The molecule has 34 heavy (non-hydrogen) atoms. The van der Waals surface area contributed by atoms with E-state index >= 15 is 0 Å². The summed E-state index contributed by atoms with van der Waals surface area (Å²) in [6, 6.07) is 22.9. The minimum absolute atomic E-state index is 0.0543. The van der Waals surface area contributed by atoms with Gasteiger partial charge in [0.25, 0.3) is 11.6 Å². The van der Waals surface area contributed by atoms with Crippen LogP contribution >= 0.6 is 0 Å². The molecule has 0 aromatic heterocycles. The third-order valence-corrected chi connectivity index (χ3v) is 6.64. The summed E-state index contributed by atoms with van der Waals surface area (Å²) in [7, 11) is 2.18. The quantitative estimate of drug-likeness (QED) is 0.305. The minimum Gasteiger partial charge on any atom is -0.354 e. The highest BCUT2D eigenvalue weighted by Gasteiger charge is 2.30. The lowest BCUT2D eigenvalue weighted by atomic mass is 9.99. The highest BCUT2D eigenvalue weighted by atomic mass is 16.6. The van der Waals surface area contributed by atoms with Crippen molar-refractivity contribution in [2.45, 2.75) is 25.3 Å². The lowest BCUT2D eigenvalue weighted by molar-refractivity contribution is -0.384. The molecule has 1 fully saturated rings. The summed E-state index contributed by atoms with van der Waals surface area (Å²) < 4.78 is 0. The first-order valence-corrected chi connectivity index (χ1v) is 11.5. The van der Waals surface area contributed by atoms with Crippen molar-refractivity contribution in [1.82, 2.24) is 4.90 Å². The van der Waals surface area contributed by atoms with Crippen LogP contribution in [-0.4, -0.2) is 35.4 Å². The van der Waals surface area contributed by atoms with E-state index in [1.165, 1.54) is 30.5 Å². The Balaban J connectivity index is 1.51. The fourth-order valence-electron chi connectivity index (χ4n) is 4.78. The Morgan fingerprint density at radius 1 is 1.12 bits per heavy atom. The van der Waals surface area contributed by atoms with Crippen molar-refractivity contribution < 1.29 is 9.72 Å². The number of fused-ring (bicyclic) bond motifs is 1. The zero-order valence-corrected chi connectivity index (χ0v) is 19.0. The number of rotatable bonds is 6. The van der Waals surface area contributed by atoms with Crippen LogP contribution in [0.2, 0.25) is 0 Å². The van der Waals surface area contributed by atoms with Crippen LogP contribution < -0.4 is 10.6 Å². The summed E-state index contributed by atoms with van der Waals surface area (Å²) in [6.45, 7) is 1.15. The molecule has 0 radical (unpaired) electrons. The van der Waals surface area contributed by atoms with Crippen LogP contribution in [-0.2, 0) is 11.2 Å². The van der Waals surface area contributed by atoms with Gasteiger partial charge >= 0.3 is 0 Å². The number of anilines is 2. The van der Waals surface area contributed by atoms with Crippen LogP contribution in [0.15, 0.2) is 72.8 Å². The molecule has 2 aliphatic rings. The fourth-order valence-corrected chi connectivity index (χ4v) is 4.78. The maximum atomic E-state index is 13.0. The van der Waals surface area contributed by atoms with Crippen LogP contribution in [0.4, 0.5) is 17.1 Å². The summed E-state index contributed by atoms with van der Waals surface area (Å²) in [5, 5.41) is 17.6. The van der Waals surface area contributed by atoms with E-state index in [9.17, 15) is 14.9 Å². The summed E-state index contributed by atoms with van der Waals surface area (Å²) in [6.07, 6.45) is 3.49. The van der Waals surface area contributed by atoms with Gasteiger partial charge in [-0.1, -0.05) is 42.5 Å². The molecule has 1 unspecified atom stereocenters. The molecule has 0 spiro atoms. The molecule has 0 bridgehead atoms. The highest BCUT2D eigenvalue weighted by Crippen LogP contribution is 2.39. The van der Waals surface area contributed by atoms with Gasteiger partial charge < -0.3 is 15.5 Å². The van der Waals surface area contributed by atoms with Gasteiger partial charge in [-0.3, -0.25) is 14.9 Å². The van der Waals surface area contributed by atoms with Crippen molar-refractivity contribution in [2.75, 3.05) is 24.2 Å². The molecule has 1 amide bonds. The molecule has 1 saturated heterocycles. The monoisotopic (exact) mass is 454 g/mol. The standard InChI is InChI=1S/C27H26N4O3/c1-30-15-5-8-21(30)16-18-9-11-20(12-10-18)28-26(19-6-3-2-4-7-19)25-23-17-22(31(33)34)13-14-24(23)29-27(25)32/h2-4,6-7,9-14,17,21,28H,5,8,15-16H2,1H3,(H,29,32). The summed E-state index contributed by atoms with van der Waals surface area (Å²) in [5.74, 6) is -0.289. The van der Waals surface area contributed by atoms with Gasteiger partial charge in [0, 0.05) is 35.1 Å². The Morgan fingerprint density at radius 2 is 1.88 bits per heavy atom. The molecular weight excluding hydrogens is 428 g/mol. The van der Waals surface area contributed by atoms with Crippen LogP contribution in [0, 0.1) is 10.1 Å². The number of carbonyl (C=O) groups is 1. The Kier molecular flexibility index (Phi) is 5.86. The first-order valence-electron chi connectivity index (χ1n) is 11.5. The number of amides is 1. The van der Waals surface area contributed by atoms with Crippen molar-refractivity contribution in [1.29, 1.82) is 0 Å². The average molecular weight is 455 g/mol. The Labute approximate surface area is 198 Å². The number of hydrogen-bond donors (Lipinski definition) is 2. The zero-order chi connectivity index (χ0) is 23.7. The van der Waals surface area contributed by atoms with E-state index in [2.05, 4.69) is 34.7 Å². The number of nitro benzene ring substituents is 1. The third-order valence-electron chi connectivity index (χ3n) is 6.64. The fraction of sp³-hybridized carbons (Fsp3) is 0.222. The van der Waals surface area contributed by atoms with Crippen molar-refractivity contribution in [3.05, 3.63) is 99.6 Å². The number of likely N-dealkylation sites (N-methyl/N-ethyl adjacent to an activating group) is 1. The lowest BCUT2D eigenvalue weighted by Crippen LogP contribution is -2.26. The van der Waals surface area contributed by atoms with Crippen LogP contribution in [0.3, 0.4) is 0 Å². The van der Waals surface area contributed by atoms with E-state index in [-0.39, 0.29) is 11.6 Å². The topological polar surface area (TPSA) is 87.5 Å². The van der Waals surface area contributed by atoms with Gasteiger partial charge in [-0.25, -0.2) is 0 Å². The van der Waals surface area contributed by atoms with Crippen molar-refractivity contribution in [3.8, 4) is 0 Å². The van der Waals surface area contributed by atoms with Crippen molar-refractivity contribution in [3.63, 3.8) is 0 Å². The van der Waals surface area contributed by atoms with Crippen LogP contribution in [0.5, 0.6) is 0 Å². The minimum atomic E-state index is -0.448. The first-order chi connectivity index (χ1) is 16.5. The van der Waals surface area contributed by atoms with Gasteiger partial charge in [0.05, 0.1) is 16.2 Å². The molecule has 3 aromatic rings. The molecule has 5 rings (SSSR count). The van der Waals surface area contributed by atoms with Gasteiger partial charge in [-0.05, 0) is 62.2 Å². The SMILES string of the molecule is CN1CCCC1Cc1ccc(NC(=C2C(=O)Nc3ccc([N+](=O)[O-])cc32)c2ccccc2)cc1. The van der Waals surface area contributed by atoms with E-state index < -0.39 is 4.92 Å². The van der Waals surface area contributed by atoms with Crippen LogP contribution in [0.25, 0.3) is 11.3 Å². The number of carbonyl (C=O) groups excluding carboxylic acids is 1. The van der Waals surface area contributed by atoms with E-state index in [1.807, 2.05) is 42.5 Å². The molecule has 172 valence electrons. The van der Waals surface area contributed by atoms with Gasteiger partial charge in [0.1, 0.15) is 0 Å². The molecule has 2 N–H and O–H groups in total. The largest absolute Gasteiger partial charge is 0.354 e. The molecule has 7 heteroatoms. The smallest absolute Gasteiger partial charge is 0.270 e. The third kappa shape index (κ3) is 4.30. The average Bonchev–Trinajstić information content (AvgIpc) is 3.40. The molecule has 3 aromatic carbocycles. The number of nitrogens with zero attached hydrogens (tertiary/aromatic N) is 2. The molecular formula is C27H26N4O3. The number of nitro groups is 1. The maximum Gasteiger partial charge on any atom is 0.270 e. The first kappa shape index (κ1) is 21.9. The molecule has 1 atom stereocenters. The van der Waals surface area contributed by atoms with E-state index in [4.69, 9.17) is 0 Å². The lowest BCUT2D eigenvalue weighted by Gasteiger charge is -2.19. The molecule has 2 heterocycles. The van der Waals surface area contributed by atoms with Gasteiger partial charge in [-0.15, -0.1) is 0 Å². The normalized spacial score (nSPS) is 19.0. The van der Waals surface area contributed by atoms with E-state index in [0.717, 1.165) is 24.2 Å². The second kappa shape index (κ2) is 9.11. The van der Waals surface area contributed by atoms with E-state index in [1.54, 1.807) is 6.07 Å². The van der Waals surface area contributed by atoms with E-state index in [0.29, 0.717) is 28.6 Å². The van der Waals surface area contributed by atoms with Crippen LogP contribution in [0.1, 0.15) is 29.5 Å². The molecule has 0 saturated carbocycles. The molecule has 2 aliphatic heterocycles. The summed E-state index contributed by atoms with van der Waals surface area (Å²) in [5.41, 5.74) is 4.98.